The fraction of sp³-hybridized carbons (Fsp3) is 0.350. The predicted molar refractivity (Wildman–Crippen MR) is 110 cm³/mol. The molecule has 0 aliphatic rings. The predicted octanol–water partition coefficient (Wildman–Crippen LogP) is 4.45. The largest absolute Gasteiger partial charge is 0.493 e. The molecule has 3 aromatic rings. The Morgan fingerprint density at radius 1 is 1.19 bits per heavy atom. The minimum absolute atomic E-state index is 0.160. The van der Waals surface area contributed by atoms with Crippen LogP contribution in [-0.4, -0.2) is 37.8 Å². The number of imidazole rings is 1. The van der Waals surface area contributed by atoms with Crippen LogP contribution in [0.5, 0.6) is 11.5 Å². The smallest absolute Gasteiger partial charge is 0.163 e. The standard InChI is InChI=1S/C20H25N3O2S/c1-5-10-25-18-12-15-14(11-17(18)24-4)21-20(22-15)19(26)13-8-6-7-9-16(13)23(2)3/h6-9,11-12,19,26H,5,10H2,1-4H3,(H,21,22). The van der Waals surface area contributed by atoms with E-state index in [1.807, 2.05) is 38.4 Å². The van der Waals surface area contributed by atoms with E-state index in [0.29, 0.717) is 12.4 Å². The van der Waals surface area contributed by atoms with Crippen molar-refractivity contribution in [1.29, 1.82) is 0 Å². The highest BCUT2D eigenvalue weighted by Crippen LogP contribution is 2.36. The Bertz CT molecular complexity index is 892. The number of para-hydroxylation sites is 1. The molecule has 0 saturated heterocycles. The van der Waals surface area contributed by atoms with Gasteiger partial charge in [0.2, 0.25) is 0 Å². The Kier molecular flexibility index (Phi) is 5.61. The number of nitrogens with one attached hydrogen (secondary N) is 1. The lowest BCUT2D eigenvalue weighted by atomic mass is 10.1. The number of methoxy groups -OCH3 is 1. The van der Waals surface area contributed by atoms with Crippen LogP contribution >= 0.6 is 12.6 Å². The molecule has 0 amide bonds. The molecule has 1 N–H and O–H groups in total. The summed E-state index contributed by atoms with van der Waals surface area (Å²) in [6.45, 7) is 2.72. The SMILES string of the molecule is CCCOc1cc2[nH]c(C(S)c3ccccc3N(C)C)nc2cc1OC. The molecule has 0 fully saturated rings. The van der Waals surface area contributed by atoms with Crippen LogP contribution in [-0.2, 0) is 0 Å². The Hall–Kier alpha value is -2.34. The van der Waals surface area contributed by atoms with Crippen LogP contribution < -0.4 is 14.4 Å². The van der Waals surface area contributed by atoms with Gasteiger partial charge in [-0.25, -0.2) is 4.98 Å². The highest BCUT2D eigenvalue weighted by Gasteiger charge is 2.19. The van der Waals surface area contributed by atoms with E-state index in [4.69, 9.17) is 27.1 Å². The van der Waals surface area contributed by atoms with Crippen molar-refractivity contribution in [3.05, 3.63) is 47.8 Å². The average molecular weight is 372 g/mol. The summed E-state index contributed by atoms with van der Waals surface area (Å²) in [4.78, 5) is 10.2. The summed E-state index contributed by atoms with van der Waals surface area (Å²) in [5.74, 6) is 2.21. The number of rotatable bonds is 7. The number of aromatic nitrogens is 2. The molecule has 3 rings (SSSR count). The third kappa shape index (κ3) is 3.60. The molecule has 1 unspecified atom stereocenters. The molecule has 1 atom stereocenters. The zero-order chi connectivity index (χ0) is 18.7. The van der Waals surface area contributed by atoms with Crippen molar-refractivity contribution in [2.24, 2.45) is 0 Å². The van der Waals surface area contributed by atoms with E-state index in [-0.39, 0.29) is 5.25 Å². The molecular formula is C20H25N3O2S. The molecule has 0 spiro atoms. The summed E-state index contributed by atoms with van der Waals surface area (Å²) in [6.07, 6.45) is 0.940. The molecule has 1 aromatic heterocycles. The molecule has 2 aromatic carbocycles. The van der Waals surface area contributed by atoms with Crippen LogP contribution in [0.25, 0.3) is 11.0 Å². The van der Waals surface area contributed by atoms with Crippen molar-refractivity contribution in [1.82, 2.24) is 9.97 Å². The highest BCUT2D eigenvalue weighted by atomic mass is 32.1. The lowest BCUT2D eigenvalue weighted by Crippen LogP contribution is -2.12. The summed E-state index contributed by atoms with van der Waals surface area (Å²) >= 11 is 4.83. The number of benzene rings is 2. The van der Waals surface area contributed by atoms with Gasteiger partial charge in [-0.05, 0) is 18.1 Å². The van der Waals surface area contributed by atoms with Crippen molar-refractivity contribution in [3.8, 4) is 11.5 Å². The van der Waals surface area contributed by atoms with Crippen molar-refractivity contribution in [2.75, 3.05) is 32.7 Å². The molecule has 5 nitrogen and oxygen atoms in total. The Labute approximate surface area is 159 Å². The van der Waals surface area contributed by atoms with E-state index < -0.39 is 0 Å². The molecule has 0 saturated carbocycles. The lowest BCUT2D eigenvalue weighted by Gasteiger charge is -2.20. The van der Waals surface area contributed by atoms with Crippen molar-refractivity contribution < 1.29 is 9.47 Å². The normalized spacial score (nSPS) is 12.2. The fourth-order valence-corrected chi connectivity index (χ4v) is 3.27. The average Bonchev–Trinajstić information content (AvgIpc) is 3.07. The van der Waals surface area contributed by atoms with Gasteiger partial charge >= 0.3 is 0 Å². The van der Waals surface area contributed by atoms with Gasteiger partial charge in [-0.1, -0.05) is 25.1 Å². The maximum absolute atomic E-state index is 5.79. The first kappa shape index (κ1) is 18.5. The number of fused-ring (bicyclic) bond motifs is 1. The molecule has 0 aliphatic heterocycles. The first-order valence-corrected chi connectivity index (χ1v) is 9.21. The van der Waals surface area contributed by atoms with Crippen LogP contribution in [0.4, 0.5) is 5.69 Å². The van der Waals surface area contributed by atoms with Gasteiger partial charge in [0.25, 0.3) is 0 Å². The van der Waals surface area contributed by atoms with E-state index in [2.05, 4.69) is 28.9 Å². The summed E-state index contributed by atoms with van der Waals surface area (Å²) in [5.41, 5.74) is 3.97. The topological polar surface area (TPSA) is 50.4 Å². The first-order valence-electron chi connectivity index (χ1n) is 8.70. The van der Waals surface area contributed by atoms with E-state index in [9.17, 15) is 0 Å². The van der Waals surface area contributed by atoms with E-state index in [0.717, 1.165) is 40.3 Å². The minimum atomic E-state index is -0.160. The van der Waals surface area contributed by atoms with E-state index in [1.165, 1.54) is 0 Å². The summed E-state index contributed by atoms with van der Waals surface area (Å²) in [5, 5.41) is -0.160. The number of ether oxygens (including phenoxy) is 2. The monoisotopic (exact) mass is 371 g/mol. The van der Waals surface area contributed by atoms with Crippen LogP contribution in [0.3, 0.4) is 0 Å². The fourth-order valence-electron chi connectivity index (χ4n) is 2.92. The van der Waals surface area contributed by atoms with Crippen molar-refractivity contribution >= 4 is 29.3 Å². The third-order valence-electron chi connectivity index (χ3n) is 4.22. The van der Waals surface area contributed by atoms with Crippen LogP contribution in [0.15, 0.2) is 36.4 Å². The highest BCUT2D eigenvalue weighted by molar-refractivity contribution is 7.80. The van der Waals surface area contributed by atoms with Gasteiger partial charge in [0, 0.05) is 31.9 Å². The second kappa shape index (κ2) is 7.91. The number of H-pyrrole nitrogens is 1. The summed E-state index contributed by atoms with van der Waals surface area (Å²) in [7, 11) is 5.70. The number of hydrogen-bond donors (Lipinski definition) is 2. The molecule has 0 bridgehead atoms. The molecule has 1 heterocycles. The molecule has 26 heavy (non-hydrogen) atoms. The first-order chi connectivity index (χ1) is 12.5. The lowest BCUT2D eigenvalue weighted by molar-refractivity contribution is 0.295. The molecule has 0 aliphatic carbocycles. The van der Waals surface area contributed by atoms with Crippen molar-refractivity contribution in [3.63, 3.8) is 0 Å². The summed E-state index contributed by atoms with van der Waals surface area (Å²) in [6, 6.07) is 12.1. The Balaban J connectivity index is 2.01. The number of thiol groups is 1. The van der Waals surface area contributed by atoms with Gasteiger partial charge in [0.15, 0.2) is 11.5 Å². The third-order valence-corrected chi connectivity index (χ3v) is 4.74. The van der Waals surface area contributed by atoms with Gasteiger partial charge in [0.1, 0.15) is 5.82 Å². The maximum Gasteiger partial charge on any atom is 0.163 e. The quantitative estimate of drug-likeness (QED) is 0.603. The van der Waals surface area contributed by atoms with Gasteiger partial charge < -0.3 is 19.4 Å². The molecule has 0 radical (unpaired) electrons. The zero-order valence-corrected chi connectivity index (χ0v) is 16.5. The number of hydrogen-bond acceptors (Lipinski definition) is 5. The van der Waals surface area contributed by atoms with Gasteiger partial charge in [0.05, 0.1) is 30.0 Å². The number of anilines is 1. The van der Waals surface area contributed by atoms with E-state index >= 15 is 0 Å². The van der Waals surface area contributed by atoms with E-state index in [1.54, 1.807) is 7.11 Å². The van der Waals surface area contributed by atoms with Gasteiger partial charge in [-0.3, -0.25) is 0 Å². The Morgan fingerprint density at radius 3 is 2.65 bits per heavy atom. The zero-order valence-electron chi connectivity index (χ0n) is 15.6. The van der Waals surface area contributed by atoms with Gasteiger partial charge in [-0.2, -0.15) is 12.6 Å². The molecular weight excluding hydrogens is 346 g/mol. The Morgan fingerprint density at radius 2 is 1.96 bits per heavy atom. The second-order valence-corrected chi connectivity index (χ2v) is 6.86. The molecule has 6 heteroatoms. The molecule has 138 valence electrons. The maximum atomic E-state index is 5.79. The van der Waals surface area contributed by atoms with Gasteiger partial charge in [-0.15, -0.1) is 0 Å². The second-order valence-electron chi connectivity index (χ2n) is 6.35. The van der Waals surface area contributed by atoms with Crippen LogP contribution in [0.2, 0.25) is 0 Å². The number of nitrogens with zero attached hydrogens (tertiary/aromatic N) is 2. The van der Waals surface area contributed by atoms with Crippen LogP contribution in [0, 0.1) is 0 Å². The van der Waals surface area contributed by atoms with Crippen molar-refractivity contribution in [2.45, 2.75) is 18.6 Å². The summed E-state index contributed by atoms with van der Waals surface area (Å²) < 4.78 is 11.2. The van der Waals surface area contributed by atoms with Crippen LogP contribution in [0.1, 0.15) is 30.0 Å². The number of aromatic amines is 1. The minimum Gasteiger partial charge on any atom is -0.493 e.